The number of hydrogen-bond donors (Lipinski definition) is 2. The van der Waals surface area contributed by atoms with Crippen LogP contribution in [-0.4, -0.2) is 13.5 Å². The molecule has 29 heavy (non-hydrogen) atoms. The van der Waals surface area contributed by atoms with Crippen molar-refractivity contribution in [3.63, 3.8) is 0 Å². The van der Waals surface area contributed by atoms with Crippen LogP contribution in [0.3, 0.4) is 0 Å². The van der Waals surface area contributed by atoms with Crippen LogP contribution in [0.4, 0.5) is 5.69 Å². The summed E-state index contributed by atoms with van der Waals surface area (Å²) in [7, 11) is -3.60. The van der Waals surface area contributed by atoms with E-state index in [1.807, 2.05) is 0 Å². The largest absolute Gasteiger partial charge is 0.508 e. The lowest BCUT2D eigenvalue weighted by Crippen LogP contribution is -2.01. The number of phenolic OH excluding ortho intramolecular Hbond substituents is 1. The summed E-state index contributed by atoms with van der Waals surface area (Å²) in [4.78, 5) is -0.0327. The average molecular weight is 424 g/mol. The van der Waals surface area contributed by atoms with Crippen LogP contribution in [0.5, 0.6) is 5.75 Å². The van der Waals surface area contributed by atoms with Crippen molar-refractivity contribution in [3.8, 4) is 5.75 Å². The summed E-state index contributed by atoms with van der Waals surface area (Å²) < 4.78 is 24.6. The van der Waals surface area contributed by atoms with E-state index in [1.54, 1.807) is 6.08 Å². The molecular formula is C24H41NO3S. The van der Waals surface area contributed by atoms with Crippen LogP contribution in [0.1, 0.15) is 103 Å². The number of anilines is 1. The summed E-state index contributed by atoms with van der Waals surface area (Å²) in [5.74, 6) is -0.0989. The molecule has 3 N–H and O–H groups in total. The van der Waals surface area contributed by atoms with Gasteiger partial charge in [0.1, 0.15) is 5.75 Å². The maximum atomic E-state index is 12.3. The fourth-order valence-corrected chi connectivity index (χ4v) is 4.71. The number of nitrogens with two attached hydrogens (primary N) is 1. The van der Waals surface area contributed by atoms with Gasteiger partial charge < -0.3 is 10.8 Å². The van der Waals surface area contributed by atoms with Crippen molar-refractivity contribution in [2.45, 2.75) is 108 Å². The second-order valence-corrected chi connectivity index (χ2v) is 9.83. The van der Waals surface area contributed by atoms with Crippen LogP contribution in [0.25, 0.3) is 0 Å². The summed E-state index contributed by atoms with van der Waals surface area (Å²) in [5.41, 5.74) is 5.87. The number of hydrogen-bond acceptors (Lipinski definition) is 4. The number of nitrogen functional groups attached to an aromatic ring is 1. The Kier molecular flexibility index (Phi) is 13.5. The Labute approximate surface area is 178 Å². The van der Waals surface area contributed by atoms with Gasteiger partial charge in [-0.25, -0.2) is 8.42 Å². The molecule has 0 fully saturated rings. The van der Waals surface area contributed by atoms with E-state index < -0.39 is 9.84 Å². The number of unbranched alkanes of at least 4 members (excludes halogenated alkanes) is 14. The Morgan fingerprint density at radius 2 is 1.31 bits per heavy atom. The molecule has 0 saturated carbocycles. The highest BCUT2D eigenvalue weighted by atomic mass is 32.2. The van der Waals surface area contributed by atoms with Gasteiger partial charge in [-0.1, -0.05) is 96.5 Å². The summed E-state index contributed by atoms with van der Waals surface area (Å²) in [6.45, 7) is 2.26. The summed E-state index contributed by atoms with van der Waals surface area (Å²) in [6.07, 6.45) is 20.8. The fraction of sp³-hybridized carbons (Fsp3) is 0.667. The molecule has 4 nitrogen and oxygen atoms in total. The van der Waals surface area contributed by atoms with Crippen LogP contribution in [0.2, 0.25) is 0 Å². The van der Waals surface area contributed by atoms with Crippen molar-refractivity contribution >= 4 is 15.5 Å². The van der Waals surface area contributed by atoms with Gasteiger partial charge in [-0.3, -0.25) is 0 Å². The average Bonchev–Trinajstić information content (AvgIpc) is 2.69. The zero-order valence-electron chi connectivity index (χ0n) is 18.2. The normalized spacial score (nSPS) is 12.0. The minimum absolute atomic E-state index is 0.0327. The predicted octanol–water partition coefficient (Wildman–Crippen LogP) is 7.13. The van der Waals surface area contributed by atoms with Crippen molar-refractivity contribution in [1.29, 1.82) is 0 Å². The number of allylic oxidation sites excluding steroid dienone is 1. The van der Waals surface area contributed by atoms with E-state index in [0.717, 1.165) is 19.3 Å². The monoisotopic (exact) mass is 423 g/mol. The van der Waals surface area contributed by atoms with E-state index >= 15 is 0 Å². The molecule has 166 valence electrons. The molecule has 0 spiro atoms. The van der Waals surface area contributed by atoms with E-state index in [0.29, 0.717) is 0 Å². The van der Waals surface area contributed by atoms with Gasteiger partial charge >= 0.3 is 0 Å². The SMILES string of the molecule is CCCCCCCCCCCCCCCCC=CS(=O)(=O)c1cc(O)ccc1N. The van der Waals surface area contributed by atoms with Gasteiger partial charge in [0.25, 0.3) is 0 Å². The molecule has 0 radical (unpaired) electrons. The standard InChI is InChI=1S/C24H41NO3S/c1-2-3-4-5-6-7-8-9-10-11-12-13-14-15-16-17-20-29(27,28)24-21-22(26)18-19-23(24)25/h17-21,26H,2-16,25H2,1H3. The summed E-state index contributed by atoms with van der Waals surface area (Å²) in [5, 5.41) is 10.7. The predicted molar refractivity (Wildman–Crippen MR) is 124 cm³/mol. The summed E-state index contributed by atoms with van der Waals surface area (Å²) >= 11 is 0. The molecule has 0 heterocycles. The quantitative estimate of drug-likeness (QED) is 0.159. The third-order valence-electron chi connectivity index (χ3n) is 5.30. The molecule has 0 aliphatic heterocycles. The molecule has 1 aromatic carbocycles. The van der Waals surface area contributed by atoms with E-state index in [2.05, 4.69) is 6.92 Å². The van der Waals surface area contributed by atoms with Crippen LogP contribution in [-0.2, 0) is 9.84 Å². The highest BCUT2D eigenvalue weighted by Gasteiger charge is 2.14. The van der Waals surface area contributed by atoms with Crippen molar-refractivity contribution in [2.75, 3.05) is 5.73 Å². The molecule has 1 rings (SSSR count). The first-order valence-corrected chi connectivity index (χ1v) is 13.0. The Morgan fingerprint density at radius 3 is 1.83 bits per heavy atom. The first kappa shape index (κ1) is 25.5. The van der Waals surface area contributed by atoms with Crippen LogP contribution in [0.15, 0.2) is 34.6 Å². The van der Waals surface area contributed by atoms with Gasteiger partial charge in [-0.2, -0.15) is 0 Å². The third-order valence-corrected chi connectivity index (χ3v) is 6.82. The Bertz CT molecular complexity index is 683. The van der Waals surface area contributed by atoms with E-state index in [1.165, 1.54) is 101 Å². The molecule has 0 aliphatic carbocycles. The lowest BCUT2D eigenvalue weighted by atomic mass is 10.0. The molecule has 0 bridgehead atoms. The number of aromatic hydroxyl groups is 1. The molecule has 0 atom stereocenters. The number of sulfone groups is 1. The van der Waals surface area contributed by atoms with Crippen molar-refractivity contribution < 1.29 is 13.5 Å². The second kappa shape index (κ2) is 15.4. The highest BCUT2D eigenvalue weighted by molar-refractivity contribution is 7.94. The first-order chi connectivity index (χ1) is 14.0. The number of phenols is 1. The zero-order valence-corrected chi connectivity index (χ0v) is 19.1. The first-order valence-electron chi connectivity index (χ1n) is 11.5. The van der Waals surface area contributed by atoms with E-state index in [4.69, 9.17) is 5.73 Å². The van der Waals surface area contributed by atoms with Crippen molar-refractivity contribution in [3.05, 3.63) is 29.7 Å². The molecule has 5 heteroatoms. The minimum atomic E-state index is -3.60. The lowest BCUT2D eigenvalue weighted by molar-refractivity contribution is 0.473. The van der Waals surface area contributed by atoms with Crippen LogP contribution in [0, 0.1) is 0 Å². The maximum absolute atomic E-state index is 12.3. The molecule has 1 aromatic rings. The van der Waals surface area contributed by atoms with Gasteiger partial charge in [0, 0.05) is 11.5 Å². The maximum Gasteiger partial charge on any atom is 0.201 e. The molecular weight excluding hydrogens is 382 g/mol. The zero-order chi connectivity index (χ0) is 21.4. The summed E-state index contributed by atoms with van der Waals surface area (Å²) in [6, 6.07) is 3.98. The van der Waals surface area contributed by atoms with Crippen molar-refractivity contribution in [1.82, 2.24) is 0 Å². The second-order valence-electron chi connectivity index (χ2n) is 8.02. The molecule has 0 aliphatic rings. The molecule has 0 amide bonds. The molecule has 0 aromatic heterocycles. The van der Waals surface area contributed by atoms with E-state index in [-0.39, 0.29) is 16.3 Å². The van der Waals surface area contributed by atoms with Crippen LogP contribution < -0.4 is 5.73 Å². The number of benzene rings is 1. The lowest BCUT2D eigenvalue weighted by Gasteiger charge is -2.04. The van der Waals surface area contributed by atoms with Gasteiger partial charge in [0.2, 0.25) is 9.84 Å². The third kappa shape index (κ3) is 11.9. The minimum Gasteiger partial charge on any atom is -0.508 e. The highest BCUT2D eigenvalue weighted by Crippen LogP contribution is 2.25. The van der Waals surface area contributed by atoms with Gasteiger partial charge in [0.05, 0.1) is 10.6 Å². The Hall–Kier alpha value is -1.49. The van der Waals surface area contributed by atoms with Crippen molar-refractivity contribution in [2.24, 2.45) is 0 Å². The van der Waals surface area contributed by atoms with E-state index in [9.17, 15) is 13.5 Å². The van der Waals surface area contributed by atoms with Gasteiger partial charge in [-0.05, 0) is 25.0 Å². The fourth-order valence-electron chi connectivity index (χ4n) is 3.49. The number of rotatable bonds is 17. The Balaban J connectivity index is 2.02. The van der Waals surface area contributed by atoms with Gasteiger partial charge in [0.15, 0.2) is 0 Å². The molecule has 0 unspecified atom stereocenters. The van der Waals surface area contributed by atoms with Crippen LogP contribution >= 0.6 is 0 Å². The smallest absolute Gasteiger partial charge is 0.201 e. The van der Waals surface area contributed by atoms with Gasteiger partial charge in [-0.15, -0.1) is 0 Å². The topological polar surface area (TPSA) is 80.4 Å². The molecule has 0 saturated heterocycles. The Morgan fingerprint density at radius 1 is 0.828 bits per heavy atom.